The second-order valence-corrected chi connectivity index (χ2v) is 6.45. The Hall–Kier alpha value is -0.120. The number of likely N-dealkylation sites (tertiary alicyclic amines) is 1. The van der Waals surface area contributed by atoms with Crippen molar-refractivity contribution < 1.29 is 0 Å². The molecule has 1 heterocycles. The maximum Gasteiger partial charge on any atom is 0.0353 e. The molecule has 1 atom stereocenters. The molecular weight excluding hydrogens is 222 g/mol. The number of rotatable bonds is 6. The number of likely N-dealkylation sites (N-methyl/N-ethyl adjacent to an activating group) is 1. The minimum absolute atomic E-state index is 0.245. The van der Waals surface area contributed by atoms with Crippen LogP contribution in [0, 0.1) is 5.92 Å². The van der Waals surface area contributed by atoms with Crippen molar-refractivity contribution in [3.05, 3.63) is 0 Å². The highest BCUT2D eigenvalue weighted by atomic mass is 15.2. The van der Waals surface area contributed by atoms with Crippen LogP contribution in [-0.4, -0.2) is 54.6 Å². The SMILES string of the molecule is CCC(C)CN(C)C1(CN)CCN(C(C)C)CC1. The second kappa shape index (κ2) is 6.88. The summed E-state index contributed by atoms with van der Waals surface area (Å²) in [5.74, 6) is 0.765. The van der Waals surface area contributed by atoms with E-state index in [1.807, 2.05) is 0 Å². The Labute approximate surface area is 114 Å². The first-order valence-corrected chi connectivity index (χ1v) is 7.60. The van der Waals surface area contributed by atoms with Gasteiger partial charge >= 0.3 is 0 Å². The van der Waals surface area contributed by atoms with Crippen molar-refractivity contribution >= 4 is 0 Å². The van der Waals surface area contributed by atoms with Gasteiger partial charge in [-0.1, -0.05) is 20.3 Å². The van der Waals surface area contributed by atoms with Crippen LogP contribution in [0.5, 0.6) is 0 Å². The molecule has 0 aromatic carbocycles. The van der Waals surface area contributed by atoms with Crippen molar-refractivity contribution in [2.45, 2.75) is 58.5 Å². The molecule has 0 spiro atoms. The molecule has 0 aromatic heterocycles. The second-order valence-electron chi connectivity index (χ2n) is 6.45. The molecule has 1 aliphatic heterocycles. The topological polar surface area (TPSA) is 32.5 Å². The predicted molar refractivity (Wildman–Crippen MR) is 79.8 cm³/mol. The van der Waals surface area contributed by atoms with E-state index in [0.29, 0.717) is 6.04 Å². The fraction of sp³-hybridized carbons (Fsp3) is 1.00. The first-order chi connectivity index (χ1) is 8.45. The van der Waals surface area contributed by atoms with Gasteiger partial charge in [0.25, 0.3) is 0 Å². The van der Waals surface area contributed by atoms with Crippen LogP contribution in [0.15, 0.2) is 0 Å². The average Bonchev–Trinajstić information content (AvgIpc) is 2.38. The summed E-state index contributed by atoms with van der Waals surface area (Å²) in [5.41, 5.74) is 6.36. The van der Waals surface area contributed by atoms with Crippen LogP contribution in [-0.2, 0) is 0 Å². The van der Waals surface area contributed by atoms with Gasteiger partial charge in [0.1, 0.15) is 0 Å². The molecule has 1 fully saturated rings. The zero-order chi connectivity index (χ0) is 13.8. The summed E-state index contributed by atoms with van der Waals surface area (Å²) in [6.07, 6.45) is 3.69. The number of hydrogen-bond acceptors (Lipinski definition) is 3. The molecule has 108 valence electrons. The summed E-state index contributed by atoms with van der Waals surface area (Å²) in [7, 11) is 2.27. The predicted octanol–water partition coefficient (Wildman–Crippen LogP) is 2.17. The molecule has 1 aliphatic rings. The Morgan fingerprint density at radius 3 is 2.17 bits per heavy atom. The summed E-state index contributed by atoms with van der Waals surface area (Å²) < 4.78 is 0. The zero-order valence-electron chi connectivity index (χ0n) is 13.1. The lowest BCUT2D eigenvalue weighted by molar-refractivity contribution is 0.0266. The molecule has 0 bridgehead atoms. The van der Waals surface area contributed by atoms with Gasteiger partial charge < -0.3 is 10.6 Å². The molecule has 3 nitrogen and oxygen atoms in total. The van der Waals surface area contributed by atoms with E-state index in [1.165, 1.54) is 38.9 Å². The van der Waals surface area contributed by atoms with Crippen molar-refractivity contribution in [3.63, 3.8) is 0 Å². The summed E-state index contributed by atoms with van der Waals surface area (Å²) in [6.45, 7) is 13.6. The maximum absolute atomic E-state index is 6.12. The van der Waals surface area contributed by atoms with Gasteiger partial charge in [-0.15, -0.1) is 0 Å². The number of nitrogens with zero attached hydrogens (tertiary/aromatic N) is 2. The molecule has 0 aromatic rings. The van der Waals surface area contributed by atoms with Crippen LogP contribution < -0.4 is 5.73 Å². The van der Waals surface area contributed by atoms with E-state index in [-0.39, 0.29) is 5.54 Å². The highest BCUT2D eigenvalue weighted by Gasteiger charge is 2.37. The normalized spacial score (nSPS) is 22.7. The standard InChI is InChI=1S/C15H33N3/c1-6-14(4)11-17(5)15(12-16)7-9-18(10-8-15)13(2)3/h13-14H,6-12,16H2,1-5H3. The fourth-order valence-electron chi connectivity index (χ4n) is 2.99. The van der Waals surface area contributed by atoms with Crippen LogP contribution >= 0.6 is 0 Å². The van der Waals surface area contributed by atoms with E-state index in [4.69, 9.17) is 5.73 Å². The Bertz CT molecular complexity index is 232. The number of hydrogen-bond donors (Lipinski definition) is 1. The molecule has 3 heteroatoms. The van der Waals surface area contributed by atoms with Crippen molar-refractivity contribution in [3.8, 4) is 0 Å². The first-order valence-electron chi connectivity index (χ1n) is 7.60. The molecule has 1 saturated heterocycles. The minimum Gasteiger partial charge on any atom is -0.329 e. The third kappa shape index (κ3) is 3.69. The molecule has 0 aliphatic carbocycles. The van der Waals surface area contributed by atoms with Gasteiger partial charge in [0.05, 0.1) is 0 Å². The van der Waals surface area contributed by atoms with Gasteiger partial charge in [-0.3, -0.25) is 4.90 Å². The Kier molecular flexibility index (Phi) is 6.09. The van der Waals surface area contributed by atoms with Gasteiger partial charge in [-0.05, 0) is 39.7 Å². The zero-order valence-corrected chi connectivity index (χ0v) is 13.1. The van der Waals surface area contributed by atoms with Gasteiger partial charge in [-0.25, -0.2) is 0 Å². The summed E-state index contributed by atoms with van der Waals surface area (Å²) in [6, 6.07) is 0.667. The van der Waals surface area contributed by atoms with Crippen LogP contribution in [0.3, 0.4) is 0 Å². The van der Waals surface area contributed by atoms with Crippen LogP contribution in [0.4, 0.5) is 0 Å². The van der Waals surface area contributed by atoms with Crippen LogP contribution in [0.1, 0.15) is 47.0 Å². The average molecular weight is 255 g/mol. The van der Waals surface area contributed by atoms with Gasteiger partial charge in [0, 0.05) is 37.8 Å². The third-order valence-electron chi connectivity index (χ3n) is 4.93. The smallest absolute Gasteiger partial charge is 0.0353 e. The van der Waals surface area contributed by atoms with Gasteiger partial charge in [0.2, 0.25) is 0 Å². The quantitative estimate of drug-likeness (QED) is 0.789. The highest BCUT2D eigenvalue weighted by molar-refractivity contribution is 4.96. The van der Waals surface area contributed by atoms with Crippen LogP contribution in [0.2, 0.25) is 0 Å². The van der Waals surface area contributed by atoms with Crippen molar-refractivity contribution in [1.29, 1.82) is 0 Å². The van der Waals surface area contributed by atoms with Crippen molar-refractivity contribution in [1.82, 2.24) is 9.80 Å². The fourth-order valence-corrected chi connectivity index (χ4v) is 2.99. The molecule has 0 amide bonds. The molecule has 0 radical (unpaired) electrons. The maximum atomic E-state index is 6.12. The first kappa shape index (κ1) is 15.9. The molecular formula is C15H33N3. The van der Waals surface area contributed by atoms with E-state index < -0.39 is 0 Å². The lowest BCUT2D eigenvalue weighted by Gasteiger charge is -2.48. The molecule has 2 N–H and O–H groups in total. The molecule has 1 rings (SSSR count). The van der Waals surface area contributed by atoms with E-state index in [9.17, 15) is 0 Å². The van der Waals surface area contributed by atoms with Gasteiger partial charge in [0.15, 0.2) is 0 Å². The summed E-state index contributed by atoms with van der Waals surface area (Å²) in [5, 5.41) is 0. The molecule has 0 saturated carbocycles. The van der Waals surface area contributed by atoms with E-state index in [2.05, 4.69) is 44.5 Å². The largest absolute Gasteiger partial charge is 0.329 e. The summed E-state index contributed by atoms with van der Waals surface area (Å²) in [4.78, 5) is 5.11. The van der Waals surface area contributed by atoms with Crippen molar-refractivity contribution in [2.75, 3.05) is 33.2 Å². The van der Waals surface area contributed by atoms with E-state index >= 15 is 0 Å². The highest BCUT2D eigenvalue weighted by Crippen LogP contribution is 2.28. The minimum atomic E-state index is 0.245. The van der Waals surface area contributed by atoms with Crippen molar-refractivity contribution in [2.24, 2.45) is 11.7 Å². The number of nitrogens with two attached hydrogens (primary N) is 1. The lowest BCUT2D eigenvalue weighted by Crippen LogP contribution is -2.59. The lowest BCUT2D eigenvalue weighted by atomic mass is 9.84. The van der Waals surface area contributed by atoms with E-state index in [1.54, 1.807) is 0 Å². The number of piperidine rings is 1. The van der Waals surface area contributed by atoms with E-state index in [0.717, 1.165) is 12.5 Å². The Morgan fingerprint density at radius 2 is 1.78 bits per heavy atom. The monoisotopic (exact) mass is 255 g/mol. The summed E-state index contributed by atoms with van der Waals surface area (Å²) >= 11 is 0. The molecule has 18 heavy (non-hydrogen) atoms. The molecule has 1 unspecified atom stereocenters. The Morgan fingerprint density at radius 1 is 1.22 bits per heavy atom. The van der Waals surface area contributed by atoms with Gasteiger partial charge in [-0.2, -0.15) is 0 Å². The third-order valence-corrected chi connectivity index (χ3v) is 4.93. The Balaban J connectivity index is 2.59. The van der Waals surface area contributed by atoms with Crippen LogP contribution in [0.25, 0.3) is 0 Å².